The molecule has 1 aliphatic heterocycles. The summed E-state index contributed by atoms with van der Waals surface area (Å²) in [7, 11) is 0. The lowest BCUT2D eigenvalue weighted by Crippen LogP contribution is -2.43. The number of fused-ring (bicyclic) bond motifs is 1. The van der Waals surface area contributed by atoms with Gasteiger partial charge in [-0.2, -0.15) is 0 Å². The lowest BCUT2D eigenvalue weighted by Gasteiger charge is -2.32. The Bertz CT molecular complexity index is 434. The number of rotatable bonds is 2. The zero-order valence-electron chi connectivity index (χ0n) is 10.4. The molecule has 2 aliphatic rings. The molecule has 0 aromatic heterocycles. The molecule has 0 radical (unpaired) electrons. The highest BCUT2D eigenvalue weighted by Crippen LogP contribution is 2.38. The van der Waals surface area contributed by atoms with Crippen molar-refractivity contribution in [1.29, 1.82) is 0 Å². The van der Waals surface area contributed by atoms with Gasteiger partial charge in [-0.15, -0.1) is 0 Å². The molecule has 1 aliphatic carbocycles. The summed E-state index contributed by atoms with van der Waals surface area (Å²) in [5, 5.41) is 0. The molecule has 0 saturated heterocycles. The van der Waals surface area contributed by atoms with Crippen LogP contribution in [0.15, 0.2) is 24.3 Å². The second-order valence-electron chi connectivity index (χ2n) is 5.30. The van der Waals surface area contributed by atoms with Crippen molar-refractivity contribution in [3.63, 3.8) is 0 Å². The highest BCUT2D eigenvalue weighted by atomic mass is 16.1. The third kappa shape index (κ3) is 1.76. The smallest absolute Gasteiger partial charge is 0.152 e. The molecule has 1 atom stereocenters. The monoisotopic (exact) mass is 229 g/mol. The van der Waals surface area contributed by atoms with Gasteiger partial charge in [-0.3, -0.25) is 4.79 Å². The van der Waals surface area contributed by atoms with E-state index in [0.29, 0.717) is 11.8 Å². The maximum Gasteiger partial charge on any atom is 0.152 e. The summed E-state index contributed by atoms with van der Waals surface area (Å²) >= 11 is 0. The molecule has 0 amide bonds. The van der Waals surface area contributed by atoms with Gasteiger partial charge in [0.2, 0.25) is 0 Å². The van der Waals surface area contributed by atoms with Gasteiger partial charge in [0.15, 0.2) is 5.78 Å². The van der Waals surface area contributed by atoms with Crippen molar-refractivity contribution in [1.82, 2.24) is 0 Å². The van der Waals surface area contributed by atoms with E-state index in [1.165, 1.54) is 36.9 Å². The van der Waals surface area contributed by atoms with Crippen molar-refractivity contribution in [3.05, 3.63) is 29.8 Å². The molecule has 0 spiro atoms. The molecule has 1 heterocycles. The SMILES string of the molecule is CC(=O)C1Cc2ccccc2N1C1CCCC1. The van der Waals surface area contributed by atoms with Crippen molar-refractivity contribution in [2.24, 2.45) is 0 Å². The number of anilines is 1. The van der Waals surface area contributed by atoms with E-state index in [4.69, 9.17) is 0 Å². The molecule has 1 fully saturated rings. The highest BCUT2D eigenvalue weighted by molar-refractivity contribution is 5.88. The van der Waals surface area contributed by atoms with Gasteiger partial charge in [0, 0.05) is 18.2 Å². The van der Waals surface area contributed by atoms with Crippen molar-refractivity contribution >= 4 is 11.5 Å². The maximum atomic E-state index is 11.8. The zero-order valence-corrected chi connectivity index (χ0v) is 10.4. The number of para-hydroxylation sites is 1. The Kier molecular flexibility index (Phi) is 2.65. The number of carbonyl (C=O) groups excluding carboxylic acids is 1. The van der Waals surface area contributed by atoms with E-state index < -0.39 is 0 Å². The molecule has 3 rings (SSSR count). The third-order valence-electron chi connectivity index (χ3n) is 4.21. The van der Waals surface area contributed by atoms with Crippen LogP contribution < -0.4 is 4.90 Å². The van der Waals surface area contributed by atoms with Gasteiger partial charge in [0.1, 0.15) is 0 Å². The van der Waals surface area contributed by atoms with Crippen molar-refractivity contribution in [3.8, 4) is 0 Å². The number of hydrogen-bond donors (Lipinski definition) is 0. The summed E-state index contributed by atoms with van der Waals surface area (Å²) in [6, 6.07) is 9.19. The predicted molar refractivity (Wildman–Crippen MR) is 69.4 cm³/mol. The van der Waals surface area contributed by atoms with Crippen LogP contribution >= 0.6 is 0 Å². The van der Waals surface area contributed by atoms with Gasteiger partial charge in [-0.05, 0) is 31.4 Å². The van der Waals surface area contributed by atoms with Crippen LogP contribution in [0.25, 0.3) is 0 Å². The number of hydrogen-bond acceptors (Lipinski definition) is 2. The molecule has 1 saturated carbocycles. The first-order chi connectivity index (χ1) is 8.27. The van der Waals surface area contributed by atoms with Gasteiger partial charge < -0.3 is 4.90 Å². The second kappa shape index (κ2) is 4.17. The van der Waals surface area contributed by atoms with Crippen LogP contribution in [0.1, 0.15) is 38.2 Å². The summed E-state index contributed by atoms with van der Waals surface area (Å²) in [5.41, 5.74) is 2.65. The largest absolute Gasteiger partial charge is 0.358 e. The minimum atomic E-state index is 0.0931. The Labute approximate surface area is 103 Å². The van der Waals surface area contributed by atoms with Gasteiger partial charge in [0.25, 0.3) is 0 Å². The van der Waals surface area contributed by atoms with Gasteiger partial charge in [-0.25, -0.2) is 0 Å². The van der Waals surface area contributed by atoms with Gasteiger partial charge >= 0.3 is 0 Å². The highest BCUT2D eigenvalue weighted by Gasteiger charge is 2.37. The lowest BCUT2D eigenvalue weighted by molar-refractivity contribution is -0.118. The molecule has 0 bridgehead atoms. The zero-order chi connectivity index (χ0) is 11.8. The summed E-state index contributed by atoms with van der Waals surface area (Å²) in [4.78, 5) is 14.2. The molecule has 2 heteroatoms. The first-order valence-corrected chi connectivity index (χ1v) is 6.64. The van der Waals surface area contributed by atoms with Crippen molar-refractivity contribution in [2.75, 3.05) is 4.90 Å². The van der Waals surface area contributed by atoms with Gasteiger partial charge in [0.05, 0.1) is 6.04 Å². The summed E-state index contributed by atoms with van der Waals surface area (Å²) < 4.78 is 0. The third-order valence-corrected chi connectivity index (χ3v) is 4.21. The Hall–Kier alpha value is -1.31. The molecule has 1 aromatic carbocycles. The van der Waals surface area contributed by atoms with Gasteiger partial charge in [-0.1, -0.05) is 31.0 Å². The number of ketones is 1. The van der Waals surface area contributed by atoms with E-state index in [2.05, 4.69) is 29.2 Å². The lowest BCUT2D eigenvalue weighted by atomic mass is 10.1. The number of benzene rings is 1. The molecule has 90 valence electrons. The van der Waals surface area contributed by atoms with Crippen molar-refractivity contribution < 1.29 is 4.79 Å². The fourth-order valence-corrected chi connectivity index (χ4v) is 3.38. The Morgan fingerprint density at radius 1 is 1.24 bits per heavy atom. The van der Waals surface area contributed by atoms with Crippen LogP contribution in [0.5, 0.6) is 0 Å². The fourth-order valence-electron chi connectivity index (χ4n) is 3.38. The van der Waals surface area contributed by atoms with E-state index in [-0.39, 0.29) is 6.04 Å². The van der Waals surface area contributed by atoms with E-state index >= 15 is 0 Å². The summed E-state index contributed by atoms with van der Waals surface area (Å²) in [5.74, 6) is 0.313. The average Bonchev–Trinajstić information content (AvgIpc) is 2.94. The second-order valence-corrected chi connectivity index (χ2v) is 5.30. The maximum absolute atomic E-state index is 11.8. The molecule has 17 heavy (non-hydrogen) atoms. The molecule has 1 aromatic rings. The summed E-state index contributed by atoms with van der Waals surface area (Å²) in [6.45, 7) is 1.73. The fraction of sp³-hybridized carbons (Fsp3) is 0.533. The standard InChI is InChI=1S/C15H19NO/c1-11(17)15-10-12-6-2-5-9-14(12)16(15)13-7-3-4-8-13/h2,5-6,9,13,15H,3-4,7-8,10H2,1H3. The number of nitrogens with zero attached hydrogens (tertiary/aromatic N) is 1. The van der Waals surface area contributed by atoms with Crippen molar-refractivity contribution in [2.45, 2.75) is 51.1 Å². The molecular formula is C15H19NO. The normalized spacial score (nSPS) is 24.1. The topological polar surface area (TPSA) is 20.3 Å². The number of Topliss-reactive ketones (excluding diaryl/α,β-unsaturated/α-hetero) is 1. The summed E-state index contributed by atoms with van der Waals surface area (Å²) in [6.07, 6.45) is 6.03. The van der Waals surface area contributed by atoms with Crippen LogP contribution in [-0.4, -0.2) is 17.9 Å². The van der Waals surface area contributed by atoms with E-state index in [0.717, 1.165) is 6.42 Å². The minimum absolute atomic E-state index is 0.0931. The average molecular weight is 229 g/mol. The van der Waals surface area contributed by atoms with Crippen LogP contribution in [0.3, 0.4) is 0 Å². The molecule has 1 unspecified atom stereocenters. The first kappa shape index (κ1) is 10.8. The molecule has 2 nitrogen and oxygen atoms in total. The Balaban J connectivity index is 1.98. The molecule has 0 N–H and O–H groups in total. The van der Waals surface area contributed by atoms with E-state index in [9.17, 15) is 4.79 Å². The van der Waals surface area contributed by atoms with E-state index in [1.54, 1.807) is 6.92 Å². The molecular weight excluding hydrogens is 210 g/mol. The van der Waals surface area contributed by atoms with Crippen LogP contribution in [0.2, 0.25) is 0 Å². The quantitative estimate of drug-likeness (QED) is 0.777. The predicted octanol–water partition coefficient (Wildman–Crippen LogP) is 2.95. The van der Waals surface area contributed by atoms with Crippen LogP contribution in [0, 0.1) is 0 Å². The first-order valence-electron chi connectivity index (χ1n) is 6.64. The minimum Gasteiger partial charge on any atom is -0.358 e. The Morgan fingerprint density at radius 3 is 2.65 bits per heavy atom. The Morgan fingerprint density at radius 2 is 1.94 bits per heavy atom. The number of carbonyl (C=O) groups is 1. The van der Waals surface area contributed by atoms with Crippen LogP contribution in [-0.2, 0) is 11.2 Å². The van der Waals surface area contributed by atoms with Crippen LogP contribution in [0.4, 0.5) is 5.69 Å². The van der Waals surface area contributed by atoms with E-state index in [1.807, 2.05) is 0 Å².